The van der Waals surface area contributed by atoms with Gasteiger partial charge >= 0.3 is 0 Å². The number of rotatable bonds is 8. The fourth-order valence-corrected chi connectivity index (χ4v) is 2.90. The molecule has 0 spiro atoms. The van der Waals surface area contributed by atoms with E-state index in [0.717, 1.165) is 56.0 Å². The van der Waals surface area contributed by atoms with Crippen molar-refractivity contribution < 1.29 is 9.47 Å². The van der Waals surface area contributed by atoms with E-state index >= 15 is 0 Å². The Morgan fingerprint density at radius 1 is 1.35 bits per heavy atom. The van der Waals surface area contributed by atoms with Crippen LogP contribution in [-0.4, -0.2) is 32.9 Å². The van der Waals surface area contributed by atoms with Gasteiger partial charge in [-0.05, 0) is 42.1 Å². The van der Waals surface area contributed by atoms with Gasteiger partial charge in [-0.1, -0.05) is 29.8 Å². The van der Waals surface area contributed by atoms with Crippen LogP contribution < -0.4 is 10.1 Å². The van der Waals surface area contributed by atoms with Crippen LogP contribution in [0.2, 0.25) is 0 Å². The molecule has 0 fully saturated rings. The molecule has 112 valence electrons. The Kier molecular flexibility index (Phi) is 6.33. The van der Waals surface area contributed by atoms with Gasteiger partial charge in [-0.2, -0.15) is 0 Å². The zero-order valence-corrected chi connectivity index (χ0v) is 14.0. The van der Waals surface area contributed by atoms with E-state index in [-0.39, 0.29) is 0 Å². The quantitative estimate of drug-likeness (QED) is 0.736. The lowest BCUT2D eigenvalue weighted by Crippen LogP contribution is -2.24. The molecule has 1 aromatic carbocycles. The molecule has 3 nitrogen and oxygen atoms in total. The second-order valence-corrected chi connectivity index (χ2v) is 6.53. The molecule has 2 rings (SSSR count). The molecule has 4 heteroatoms. The summed E-state index contributed by atoms with van der Waals surface area (Å²) in [7, 11) is 0. The van der Waals surface area contributed by atoms with Crippen LogP contribution in [0.4, 0.5) is 0 Å². The molecule has 0 bridgehead atoms. The molecule has 1 N–H and O–H groups in total. The van der Waals surface area contributed by atoms with Gasteiger partial charge in [0.05, 0.1) is 19.8 Å². The first kappa shape index (κ1) is 15.8. The highest BCUT2D eigenvalue weighted by Crippen LogP contribution is 2.33. The smallest absolute Gasteiger partial charge is 0.125 e. The van der Waals surface area contributed by atoms with Gasteiger partial charge in [-0.25, -0.2) is 0 Å². The second kappa shape index (κ2) is 8.01. The summed E-state index contributed by atoms with van der Waals surface area (Å²) in [4.78, 5) is 0. The van der Waals surface area contributed by atoms with Crippen molar-refractivity contribution in [3.8, 4) is 5.75 Å². The number of ether oxygens (including phenoxy) is 2. The highest BCUT2D eigenvalue weighted by molar-refractivity contribution is 9.10. The third-order valence-corrected chi connectivity index (χ3v) is 3.77. The Balaban J connectivity index is 1.70. The van der Waals surface area contributed by atoms with Gasteiger partial charge in [0.1, 0.15) is 5.75 Å². The highest BCUT2D eigenvalue weighted by atomic mass is 79.9. The predicted molar refractivity (Wildman–Crippen MR) is 85.6 cm³/mol. The first-order valence-electron chi connectivity index (χ1n) is 7.39. The molecule has 1 aromatic rings. The van der Waals surface area contributed by atoms with Crippen LogP contribution >= 0.6 is 15.9 Å². The lowest BCUT2D eigenvalue weighted by molar-refractivity contribution is 0.138. The van der Waals surface area contributed by atoms with Crippen LogP contribution in [0.25, 0.3) is 0 Å². The molecule has 0 aromatic heterocycles. The van der Waals surface area contributed by atoms with E-state index in [0.29, 0.717) is 5.92 Å². The van der Waals surface area contributed by atoms with Crippen molar-refractivity contribution in [3.05, 3.63) is 27.7 Å². The van der Waals surface area contributed by atoms with Crippen LogP contribution in [0.15, 0.2) is 16.6 Å². The third kappa shape index (κ3) is 4.76. The van der Waals surface area contributed by atoms with E-state index in [1.165, 1.54) is 11.1 Å². The molecule has 0 unspecified atom stereocenters. The summed E-state index contributed by atoms with van der Waals surface area (Å²) in [6, 6.07) is 4.30. The monoisotopic (exact) mass is 341 g/mol. The van der Waals surface area contributed by atoms with Gasteiger partial charge < -0.3 is 14.8 Å². The fourth-order valence-electron chi connectivity index (χ4n) is 2.35. The minimum Gasteiger partial charge on any atom is -0.493 e. The Morgan fingerprint density at radius 3 is 3.00 bits per heavy atom. The molecule has 0 saturated heterocycles. The molecule has 0 amide bonds. The van der Waals surface area contributed by atoms with Crippen LogP contribution in [0, 0.1) is 5.92 Å². The Labute approximate surface area is 130 Å². The summed E-state index contributed by atoms with van der Waals surface area (Å²) in [5, 5.41) is 3.38. The van der Waals surface area contributed by atoms with E-state index in [1.54, 1.807) is 0 Å². The maximum Gasteiger partial charge on any atom is 0.125 e. The SMILES string of the molecule is CC(C)CNCCOCCc1cc(Br)cc2c1OCC2. The van der Waals surface area contributed by atoms with Gasteiger partial charge in [-0.3, -0.25) is 0 Å². The zero-order chi connectivity index (χ0) is 14.4. The first-order chi connectivity index (χ1) is 9.66. The topological polar surface area (TPSA) is 30.5 Å². The van der Waals surface area contributed by atoms with Gasteiger partial charge in [-0.15, -0.1) is 0 Å². The normalized spacial score (nSPS) is 13.6. The molecule has 1 heterocycles. The zero-order valence-electron chi connectivity index (χ0n) is 12.4. The van der Waals surface area contributed by atoms with E-state index in [1.807, 2.05) is 0 Å². The number of fused-ring (bicyclic) bond motifs is 1. The Morgan fingerprint density at radius 2 is 2.20 bits per heavy atom. The second-order valence-electron chi connectivity index (χ2n) is 5.61. The van der Waals surface area contributed by atoms with Crippen LogP contribution in [0.1, 0.15) is 25.0 Å². The minimum absolute atomic E-state index is 0.691. The summed E-state index contributed by atoms with van der Waals surface area (Å²) in [6.07, 6.45) is 1.92. The predicted octanol–water partition coefficient (Wildman–Crippen LogP) is 3.19. The molecule has 1 aliphatic rings. The van der Waals surface area contributed by atoms with Crippen molar-refractivity contribution in [2.24, 2.45) is 5.92 Å². The van der Waals surface area contributed by atoms with Crippen LogP contribution in [0.5, 0.6) is 5.75 Å². The molecule has 20 heavy (non-hydrogen) atoms. The van der Waals surface area contributed by atoms with Crippen LogP contribution in [-0.2, 0) is 17.6 Å². The first-order valence-corrected chi connectivity index (χ1v) is 8.18. The lowest BCUT2D eigenvalue weighted by atomic mass is 10.1. The van der Waals surface area contributed by atoms with Gasteiger partial charge in [0.25, 0.3) is 0 Å². The highest BCUT2D eigenvalue weighted by Gasteiger charge is 2.17. The summed E-state index contributed by atoms with van der Waals surface area (Å²) in [5.41, 5.74) is 2.56. The molecule has 0 radical (unpaired) electrons. The van der Waals surface area contributed by atoms with Gasteiger partial charge in [0.15, 0.2) is 0 Å². The maximum absolute atomic E-state index is 5.72. The largest absolute Gasteiger partial charge is 0.493 e. The van der Waals surface area contributed by atoms with Crippen molar-refractivity contribution in [2.45, 2.75) is 26.7 Å². The number of hydrogen-bond acceptors (Lipinski definition) is 3. The van der Waals surface area contributed by atoms with Gasteiger partial charge in [0.2, 0.25) is 0 Å². The molecule has 1 aliphatic heterocycles. The number of nitrogens with one attached hydrogen (secondary N) is 1. The van der Waals surface area contributed by atoms with E-state index in [9.17, 15) is 0 Å². The van der Waals surface area contributed by atoms with Crippen molar-refractivity contribution in [1.82, 2.24) is 5.32 Å². The van der Waals surface area contributed by atoms with E-state index in [4.69, 9.17) is 9.47 Å². The average Bonchev–Trinajstić information content (AvgIpc) is 2.85. The Bertz CT molecular complexity index is 435. The van der Waals surface area contributed by atoms with E-state index in [2.05, 4.69) is 47.2 Å². The molecule has 0 saturated carbocycles. The molecular formula is C16H24BrNO2. The fraction of sp³-hybridized carbons (Fsp3) is 0.625. The minimum atomic E-state index is 0.691. The van der Waals surface area contributed by atoms with Gasteiger partial charge in [0, 0.05) is 17.4 Å². The molecule has 0 atom stereocenters. The average molecular weight is 342 g/mol. The summed E-state index contributed by atoms with van der Waals surface area (Å²) in [6.45, 7) is 8.71. The summed E-state index contributed by atoms with van der Waals surface area (Å²) in [5.74, 6) is 1.77. The third-order valence-electron chi connectivity index (χ3n) is 3.32. The standard InChI is InChI=1S/C16H24BrNO2/c1-12(2)11-18-5-8-19-6-3-13-9-15(17)10-14-4-7-20-16(13)14/h9-10,12,18H,3-8,11H2,1-2H3. The molecule has 0 aliphatic carbocycles. The molecular weight excluding hydrogens is 318 g/mol. The Hall–Kier alpha value is -0.580. The summed E-state index contributed by atoms with van der Waals surface area (Å²) < 4.78 is 12.5. The van der Waals surface area contributed by atoms with Crippen LogP contribution in [0.3, 0.4) is 0 Å². The van der Waals surface area contributed by atoms with E-state index < -0.39 is 0 Å². The summed E-state index contributed by atoms with van der Waals surface area (Å²) >= 11 is 3.57. The number of halogens is 1. The van der Waals surface area contributed by atoms with Crippen molar-refractivity contribution >= 4 is 15.9 Å². The number of benzene rings is 1. The maximum atomic E-state index is 5.72. The lowest BCUT2D eigenvalue weighted by Gasteiger charge is -2.10. The van der Waals surface area contributed by atoms with Crippen molar-refractivity contribution in [2.75, 3.05) is 32.9 Å². The van der Waals surface area contributed by atoms with Crippen molar-refractivity contribution in [1.29, 1.82) is 0 Å². The number of hydrogen-bond donors (Lipinski definition) is 1. The van der Waals surface area contributed by atoms with Crippen molar-refractivity contribution in [3.63, 3.8) is 0 Å².